The van der Waals surface area contributed by atoms with Gasteiger partial charge in [-0.2, -0.15) is 0 Å². The predicted molar refractivity (Wildman–Crippen MR) is 67.1 cm³/mol. The van der Waals surface area contributed by atoms with Crippen molar-refractivity contribution in [3.05, 3.63) is 23.8 Å². The molecule has 1 aromatic rings. The average Bonchev–Trinajstić information content (AvgIpc) is 2.74. The third-order valence-corrected chi connectivity index (χ3v) is 3.16. The van der Waals surface area contributed by atoms with Gasteiger partial charge in [0.2, 0.25) is 5.91 Å². The topological polar surface area (TPSA) is 64.4 Å². The number of rotatable bonds is 3. The van der Waals surface area contributed by atoms with Crippen molar-refractivity contribution in [1.82, 2.24) is 0 Å². The summed E-state index contributed by atoms with van der Waals surface area (Å²) in [7, 11) is 0. The van der Waals surface area contributed by atoms with E-state index in [0.717, 1.165) is 30.0 Å². The molecule has 0 aliphatic carbocycles. The zero-order valence-corrected chi connectivity index (χ0v) is 10.2. The van der Waals surface area contributed by atoms with E-state index in [9.17, 15) is 4.79 Å². The minimum atomic E-state index is -0.195. The van der Waals surface area contributed by atoms with Gasteiger partial charge in [0.1, 0.15) is 5.75 Å². The highest BCUT2D eigenvalue weighted by Crippen LogP contribution is 2.28. The summed E-state index contributed by atoms with van der Waals surface area (Å²) in [4.78, 5) is 11.8. The summed E-state index contributed by atoms with van der Waals surface area (Å²) >= 11 is 0. The van der Waals surface area contributed by atoms with Gasteiger partial charge in [0.15, 0.2) is 0 Å². The molecule has 1 aliphatic rings. The van der Waals surface area contributed by atoms with E-state index in [-0.39, 0.29) is 17.9 Å². The van der Waals surface area contributed by atoms with Gasteiger partial charge in [-0.1, -0.05) is 6.92 Å². The maximum atomic E-state index is 11.8. The third-order valence-electron chi connectivity index (χ3n) is 3.16. The molecule has 1 heterocycles. The largest absolute Gasteiger partial charge is 0.493 e. The second kappa shape index (κ2) is 4.75. The van der Waals surface area contributed by atoms with Gasteiger partial charge in [-0.05, 0) is 30.7 Å². The van der Waals surface area contributed by atoms with Crippen LogP contribution >= 0.6 is 0 Å². The summed E-state index contributed by atoms with van der Waals surface area (Å²) in [6, 6.07) is 5.58. The maximum Gasteiger partial charge on any atom is 0.228 e. The van der Waals surface area contributed by atoms with Crippen LogP contribution in [0.4, 0.5) is 5.69 Å². The van der Waals surface area contributed by atoms with Crippen molar-refractivity contribution in [2.45, 2.75) is 26.3 Å². The first-order chi connectivity index (χ1) is 8.08. The SMILES string of the molecule is CC(N)C(C)C(=O)Nc1ccc2c(c1)CCO2. The molecule has 2 unspecified atom stereocenters. The highest BCUT2D eigenvalue weighted by Gasteiger charge is 2.18. The van der Waals surface area contributed by atoms with Crippen molar-refractivity contribution in [2.24, 2.45) is 11.7 Å². The van der Waals surface area contributed by atoms with E-state index in [1.165, 1.54) is 0 Å². The zero-order chi connectivity index (χ0) is 12.4. The lowest BCUT2D eigenvalue weighted by Gasteiger charge is -2.15. The molecule has 0 radical (unpaired) electrons. The van der Waals surface area contributed by atoms with Crippen molar-refractivity contribution in [3.63, 3.8) is 0 Å². The number of carbonyl (C=O) groups excluding carboxylic acids is 1. The number of nitrogens with one attached hydrogen (secondary N) is 1. The molecule has 1 aliphatic heterocycles. The Kier molecular flexibility index (Phi) is 3.33. The lowest BCUT2D eigenvalue weighted by atomic mass is 10.0. The predicted octanol–water partition coefficient (Wildman–Crippen LogP) is 1.54. The van der Waals surface area contributed by atoms with Crippen LogP contribution in [0.2, 0.25) is 0 Å². The molecule has 1 amide bonds. The summed E-state index contributed by atoms with van der Waals surface area (Å²) in [5, 5.41) is 2.88. The molecule has 2 atom stereocenters. The van der Waals surface area contributed by atoms with Crippen LogP contribution in [-0.2, 0) is 11.2 Å². The van der Waals surface area contributed by atoms with E-state index in [2.05, 4.69) is 5.32 Å². The fraction of sp³-hybridized carbons (Fsp3) is 0.462. The van der Waals surface area contributed by atoms with Gasteiger partial charge in [0.05, 0.1) is 12.5 Å². The summed E-state index contributed by atoms with van der Waals surface area (Å²) in [6.07, 6.45) is 0.905. The minimum absolute atomic E-state index is 0.0427. The number of benzene rings is 1. The van der Waals surface area contributed by atoms with Crippen molar-refractivity contribution >= 4 is 11.6 Å². The quantitative estimate of drug-likeness (QED) is 0.834. The van der Waals surface area contributed by atoms with Gasteiger partial charge in [0, 0.05) is 18.2 Å². The van der Waals surface area contributed by atoms with E-state index < -0.39 is 0 Å². The zero-order valence-electron chi connectivity index (χ0n) is 10.2. The number of amides is 1. The Bertz CT molecular complexity index is 429. The van der Waals surface area contributed by atoms with Crippen molar-refractivity contribution in [1.29, 1.82) is 0 Å². The number of fused-ring (bicyclic) bond motifs is 1. The van der Waals surface area contributed by atoms with Crippen LogP contribution in [-0.4, -0.2) is 18.6 Å². The van der Waals surface area contributed by atoms with Crippen molar-refractivity contribution in [2.75, 3.05) is 11.9 Å². The summed E-state index contributed by atoms with van der Waals surface area (Å²) in [5.74, 6) is 0.682. The standard InChI is InChI=1S/C13H18N2O2/c1-8(9(2)14)13(16)15-11-3-4-12-10(7-11)5-6-17-12/h3-4,7-9H,5-6,14H2,1-2H3,(H,15,16). The van der Waals surface area contributed by atoms with Gasteiger partial charge in [-0.3, -0.25) is 4.79 Å². The van der Waals surface area contributed by atoms with Gasteiger partial charge >= 0.3 is 0 Å². The molecule has 0 fully saturated rings. The van der Waals surface area contributed by atoms with Crippen LogP contribution in [0.5, 0.6) is 5.75 Å². The third kappa shape index (κ3) is 2.58. The molecule has 0 bridgehead atoms. The van der Waals surface area contributed by atoms with Gasteiger partial charge in [0.25, 0.3) is 0 Å². The summed E-state index contributed by atoms with van der Waals surface area (Å²) < 4.78 is 5.41. The van der Waals surface area contributed by atoms with Gasteiger partial charge in [-0.15, -0.1) is 0 Å². The number of ether oxygens (including phenoxy) is 1. The number of nitrogens with two attached hydrogens (primary N) is 1. The lowest BCUT2D eigenvalue weighted by molar-refractivity contribution is -0.119. The van der Waals surface area contributed by atoms with E-state index >= 15 is 0 Å². The number of hydrogen-bond donors (Lipinski definition) is 2. The van der Waals surface area contributed by atoms with Crippen LogP contribution in [0.3, 0.4) is 0 Å². The molecule has 4 heteroatoms. The van der Waals surface area contributed by atoms with Gasteiger partial charge in [-0.25, -0.2) is 0 Å². The highest BCUT2D eigenvalue weighted by atomic mass is 16.5. The van der Waals surface area contributed by atoms with E-state index in [4.69, 9.17) is 10.5 Å². The molecule has 17 heavy (non-hydrogen) atoms. The molecule has 0 saturated heterocycles. The Balaban J connectivity index is 2.07. The minimum Gasteiger partial charge on any atom is -0.493 e. The Morgan fingerprint density at radius 2 is 2.24 bits per heavy atom. The van der Waals surface area contributed by atoms with E-state index in [1.807, 2.05) is 32.0 Å². The van der Waals surface area contributed by atoms with Crippen LogP contribution in [0.1, 0.15) is 19.4 Å². The molecule has 1 aromatic carbocycles. The first-order valence-electron chi connectivity index (χ1n) is 5.90. The molecule has 0 aromatic heterocycles. The normalized spacial score (nSPS) is 16.9. The Morgan fingerprint density at radius 1 is 1.47 bits per heavy atom. The smallest absolute Gasteiger partial charge is 0.228 e. The number of anilines is 1. The maximum absolute atomic E-state index is 11.8. The number of carbonyl (C=O) groups is 1. The molecule has 0 saturated carbocycles. The second-order valence-electron chi connectivity index (χ2n) is 4.56. The van der Waals surface area contributed by atoms with Crippen molar-refractivity contribution < 1.29 is 9.53 Å². The Hall–Kier alpha value is -1.55. The summed E-state index contributed by atoms with van der Waals surface area (Å²) in [6.45, 7) is 4.39. The molecular formula is C13H18N2O2. The Morgan fingerprint density at radius 3 is 2.94 bits per heavy atom. The number of hydrogen-bond acceptors (Lipinski definition) is 3. The average molecular weight is 234 g/mol. The first-order valence-corrected chi connectivity index (χ1v) is 5.90. The van der Waals surface area contributed by atoms with E-state index in [1.54, 1.807) is 0 Å². The molecule has 3 N–H and O–H groups in total. The van der Waals surface area contributed by atoms with Crippen LogP contribution in [0.25, 0.3) is 0 Å². The highest BCUT2D eigenvalue weighted by molar-refractivity contribution is 5.92. The Labute approximate surface area is 101 Å². The van der Waals surface area contributed by atoms with Gasteiger partial charge < -0.3 is 15.8 Å². The van der Waals surface area contributed by atoms with E-state index in [0.29, 0.717) is 0 Å². The van der Waals surface area contributed by atoms with Crippen LogP contribution in [0, 0.1) is 5.92 Å². The van der Waals surface area contributed by atoms with Crippen LogP contribution in [0.15, 0.2) is 18.2 Å². The lowest BCUT2D eigenvalue weighted by Crippen LogP contribution is -2.34. The molecule has 2 rings (SSSR count). The summed E-state index contributed by atoms with van der Waals surface area (Å²) in [5.41, 5.74) is 7.66. The first kappa shape index (κ1) is 11.9. The monoisotopic (exact) mass is 234 g/mol. The fourth-order valence-electron chi connectivity index (χ4n) is 1.76. The fourth-order valence-corrected chi connectivity index (χ4v) is 1.76. The molecule has 0 spiro atoms. The second-order valence-corrected chi connectivity index (χ2v) is 4.56. The molecule has 92 valence electrons. The van der Waals surface area contributed by atoms with Crippen molar-refractivity contribution in [3.8, 4) is 5.75 Å². The molecular weight excluding hydrogens is 216 g/mol. The molecule has 4 nitrogen and oxygen atoms in total. The van der Waals surface area contributed by atoms with Crippen LogP contribution < -0.4 is 15.8 Å².